The lowest BCUT2D eigenvalue weighted by Gasteiger charge is -2.32. The highest BCUT2D eigenvalue weighted by Crippen LogP contribution is 2.69. The van der Waals surface area contributed by atoms with Crippen molar-refractivity contribution >= 4 is 39.0 Å². The second-order valence-electron chi connectivity index (χ2n) is 9.60. The predicted octanol–water partition coefficient (Wildman–Crippen LogP) is -3.64. The van der Waals surface area contributed by atoms with Crippen LogP contribution in [0.4, 0.5) is 0 Å². The first kappa shape index (κ1) is 37.0. The van der Waals surface area contributed by atoms with Crippen molar-refractivity contribution in [3.63, 3.8) is 0 Å². The largest absolute Gasteiger partial charge is 0.480 e. The number of rotatable bonds is 14. The number of nitrogens with zero attached hydrogens (tertiary/aromatic N) is 4. The summed E-state index contributed by atoms with van der Waals surface area (Å²) in [4.78, 5) is 89.7. The molecule has 0 saturated carbocycles. The number of aliphatic carboxylic acids is 3. The number of amides is 1. The van der Waals surface area contributed by atoms with Gasteiger partial charge in [-0.25, -0.2) is 0 Å². The molecule has 0 bridgehead atoms. The third-order valence-corrected chi connectivity index (χ3v) is 10.2. The Morgan fingerprint density at radius 1 is 0.610 bits per heavy atom. The third kappa shape index (κ3) is 13.7. The molecule has 238 valence electrons. The van der Waals surface area contributed by atoms with Crippen molar-refractivity contribution < 1.29 is 68.3 Å². The molecular formula is C20H39N5O14P2. The first-order valence-corrected chi connectivity index (χ1v) is 15.7. The number of carbonyl (C=O) groups excluding carboxylic acids is 1. The van der Waals surface area contributed by atoms with Gasteiger partial charge in [0.25, 0.3) is 5.08 Å². The molecule has 0 aromatic rings. The first-order valence-electron chi connectivity index (χ1n) is 12.5. The molecule has 1 rings (SSSR count). The van der Waals surface area contributed by atoms with Crippen molar-refractivity contribution in [3.05, 3.63) is 0 Å². The molecule has 0 unspecified atom stereocenters. The van der Waals surface area contributed by atoms with Gasteiger partial charge in [0.15, 0.2) is 0 Å². The van der Waals surface area contributed by atoms with E-state index in [1.54, 1.807) is 19.6 Å². The van der Waals surface area contributed by atoms with E-state index in [-0.39, 0.29) is 91.5 Å². The van der Waals surface area contributed by atoms with Crippen LogP contribution in [0.3, 0.4) is 0 Å². The molecule has 0 atom stereocenters. The molecule has 1 saturated heterocycles. The second kappa shape index (κ2) is 16.6. The fraction of sp³-hybridized carbons (Fsp3) is 0.800. The second-order valence-corrected chi connectivity index (χ2v) is 13.6. The van der Waals surface area contributed by atoms with Gasteiger partial charge in [-0.3, -0.25) is 47.9 Å². The van der Waals surface area contributed by atoms with E-state index in [1.165, 1.54) is 0 Å². The van der Waals surface area contributed by atoms with Gasteiger partial charge < -0.3 is 45.3 Å². The zero-order chi connectivity index (χ0) is 31.4. The smallest absolute Gasteiger partial charge is 0.369 e. The molecule has 1 fully saturated rings. The Morgan fingerprint density at radius 2 is 0.902 bits per heavy atom. The maximum Gasteiger partial charge on any atom is 0.369 e. The monoisotopic (exact) mass is 635 g/mol. The molecule has 0 aromatic carbocycles. The minimum Gasteiger partial charge on any atom is -0.480 e. The van der Waals surface area contributed by atoms with Crippen LogP contribution in [0.15, 0.2) is 0 Å². The summed E-state index contributed by atoms with van der Waals surface area (Å²) in [6, 6.07) is 0. The van der Waals surface area contributed by atoms with Crippen LogP contribution in [0.2, 0.25) is 0 Å². The summed E-state index contributed by atoms with van der Waals surface area (Å²) in [5.41, 5.74) is 0. The zero-order valence-corrected chi connectivity index (χ0v) is 24.1. The average molecular weight is 636 g/mol. The van der Waals surface area contributed by atoms with E-state index in [0.717, 1.165) is 0 Å². The SMILES string of the molecule is O=C(O)CN1CCN(CC(=O)O)CCN(CC(=O)NCCCC(O)(P(=O)(O)O)P(=O)(O)O)CCN(CC(=O)O)CC1. The van der Waals surface area contributed by atoms with Gasteiger partial charge >= 0.3 is 33.1 Å². The highest BCUT2D eigenvalue weighted by molar-refractivity contribution is 7.72. The number of carbonyl (C=O) groups is 4. The molecule has 0 radical (unpaired) electrons. The molecule has 1 heterocycles. The number of aliphatic hydroxyl groups is 1. The van der Waals surface area contributed by atoms with E-state index in [1.807, 2.05) is 0 Å². The van der Waals surface area contributed by atoms with Gasteiger partial charge in [0.1, 0.15) is 0 Å². The number of carboxylic acids is 3. The van der Waals surface area contributed by atoms with Crippen LogP contribution in [0.5, 0.6) is 0 Å². The summed E-state index contributed by atoms with van der Waals surface area (Å²) in [7, 11) is -11.2. The lowest BCUT2D eigenvalue weighted by atomic mass is 10.3. The van der Waals surface area contributed by atoms with Crippen molar-refractivity contribution in [1.29, 1.82) is 0 Å². The molecule has 0 aromatic heterocycles. The fourth-order valence-electron chi connectivity index (χ4n) is 4.06. The minimum atomic E-state index is -5.62. The Morgan fingerprint density at radius 3 is 1.17 bits per heavy atom. The molecule has 1 aliphatic heterocycles. The van der Waals surface area contributed by atoms with Crippen LogP contribution in [0.25, 0.3) is 0 Å². The van der Waals surface area contributed by atoms with Gasteiger partial charge in [-0.2, -0.15) is 0 Å². The predicted molar refractivity (Wildman–Crippen MR) is 140 cm³/mol. The molecule has 9 N–H and O–H groups in total. The van der Waals surface area contributed by atoms with Crippen molar-refractivity contribution in [3.8, 4) is 0 Å². The Kier molecular flexibility index (Phi) is 15.0. The van der Waals surface area contributed by atoms with Gasteiger partial charge in [0, 0.05) is 65.3 Å². The van der Waals surface area contributed by atoms with E-state index in [9.17, 15) is 68.3 Å². The first-order chi connectivity index (χ1) is 18.8. The normalized spacial score (nSPS) is 18.3. The Labute approximate surface area is 235 Å². The van der Waals surface area contributed by atoms with Crippen LogP contribution in [-0.4, -0.2) is 174 Å². The van der Waals surface area contributed by atoms with E-state index in [0.29, 0.717) is 0 Å². The summed E-state index contributed by atoms with van der Waals surface area (Å²) >= 11 is 0. The number of hydrogen-bond donors (Lipinski definition) is 9. The maximum absolute atomic E-state index is 12.6. The number of carboxylic acid groups (broad SMARTS) is 3. The average Bonchev–Trinajstić information content (AvgIpc) is 2.80. The van der Waals surface area contributed by atoms with Crippen molar-refractivity contribution in [2.75, 3.05) is 85.1 Å². The molecule has 21 heteroatoms. The van der Waals surface area contributed by atoms with Gasteiger partial charge in [-0.15, -0.1) is 0 Å². The summed E-state index contributed by atoms with van der Waals surface area (Å²) in [5.74, 6) is -3.89. The van der Waals surface area contributed by atoms with Crippen LogP contribution in [0.1, 0.15) is 12.8 Å². The van der Waals surface area contributed by atoms with Gasteiger partial charge in [0.2, 0.25) is 5.91 Å². The minimum absolute atomic E-state index is 0.177. The summed E-state index contributed by atoms with van der Waals surface area (Å²) in [6.07, 6.45) is -1.39. The van der Waals surface area contributed by atoms with E-state index in [4.69, 9.17) is 0 Å². The van der Waals surface area contributed by atoms with Crippen molar-refractivity contribution in [2.24, 2.45) is 0 Å². The van der Waals surface area contributed by atoms with Crippen molar-refractivity contribution in [1.82, 2.24) is 24.9 Å². The molecule has 1 aliphatic rings. The number of hydrogen-bond acceptors (Lipinski definition) is 11. The topological polar surface area (TPSA) is 289 Å². The standard InChI is InChI=1S/C20H39N5O14P2/c26-16(21-3-1-2-20(33,40(34,35)36)41(37,38)39)12-22-4-6-23(13-17(27)28)8-10-25(15-19(31)32)11-9-24(7-5-22)14-18(29)30/h33H,1-15H2,(H,21,26)(H,27,28)(H,29,30)(H,31,32)(H2,34,35,36)(H2,37,38,39). The molecule has 1 amide bonds. The number of nitrogens with one attached hydrogen (secondary N) is 1. The molecular weight excluding hydrogens is 596 g/mol. The van der Waals surface area contributed by atoms with Gasteiger partial charge in [-0.05, 0) is 6.42 Å². The molecule has 0 spiro atoms. The quantitative estimate of drug-likeness (QED) is 0.0657. The van der Waals surface area contributed by atoms with Crippen LogP contribution < -0.4 is 5.32 Å². The van der Waals surface area contributed by atoms with Gasteiger partial charge in [0.05, 0.1) is 26.2 Å². The van der Waals surface area contributed by atoms with E-state index in [2.05, 4.69) is 5.32 Å². The summed E-state index contributed by atoms with van der Waals surface area (Å²) in [5, 5.41) is 36.5. The Hall–Kier alpha value is -2.02. The zero-order valence-electron chi connectivity index (χ0n) is 22.3. The summed E-state index contributed by atoms with van der Waals surface area (Å²) in [6.45, 7) is -0.00917. The lowest BCUT2D eigenvalue weighted by molar-refractivity contribution is -0.140. The Balaban J connectivity index is 2.90. The third-order valence-electron chi connectivity index (χ3n) is 6.32. The molecule has 0 aliphatic carbocycles. The molecule has 19 nitrogen and oxygen atoms in total. The maximum atomic E-state index is 12.6. The lowest BCUT2D eigenvalue weighted by Crippen LogP contribution is -2.49. The van der Waals surface area contributed by atoms with E-state index >= 15 is 0 Å². The highest BCUT2D eigenvalue weighted by Gasteiger charge is 2.58. The van der Waals surface area contributed by atoms with E-state index < -0.39 is 50.5 Å². The van der Waals surface area contributed by atoms with Gasteiger partial charge in [-0.1, -0.05) is 0 Å². The van der Waals surface area contributed by atoms with Crippen LogP contribution >= 0.6 is 15.2 Å². The highest BCUT2D eigenvalue weighted by atomic mass is 31.2. The molecule has 41 heavy (non-hydrogen) atoms. The summed E-state index contributed by atoms with van der Waals surface area (Å²) < 4.78 is 22.9. The van der Waals surface area contributed by atoms with Crippen molar-refractivity contribution in [2.45, 2.75) is 17.9 Å². The Bertz CT molecular complexity index is 951. The van der Waals surface area contributed by atoms with Crippen LogP contribution in [-0.2, 0) is 28.3 Å². The fourth-order valence-corrected chi connectivity index (χ4v) is 6.31. The van der Waals surface area contributed by atoms with Crippen LogP contribution in [0, 0.1) is 0 Å².